The Kier molecular flexibility index (Phi) is 4.09. The van der Waals surface area contributed by atoms with Crippen LogP contribution in [0.15, 0.2) is 22.0 Å². The minimum absolute atomic E-state index is 0.229. The number of thioether (sulfide) groups is 1. The van der Waals surface area contributed by atoms with Crippen molar-refractivity contribution in [2.45, 2.75) is 27.7 Å². The Morgan fingerprint density at radius 2 is 1.85 bits per heavy atom. The third-order valence-electron chi connectivity index (χ3n) is 3.07. The van der Waals surface area contributed by atoms with E-state index in [1.54, 1.807) is 0 Å². The van der Waals surface area contributed by atoms with Gasteiger partial charge in [0, 0.05) is 6.92 Å². The second-order valence-corrected chi connectivity index (χ2v) is 5.84. The van der Waals surface area contributed by atoms with Crippen LogP contribution in [0.5, 0.6) is 0 Å². The predicted molar refractivity (Wildman–Crippen MR) is 82.5 cm³/mol. The quantitative estimate of drug-likeness (QED) is 0.808. The Morgan fingerprint density at radius 1 is 1.20 bits per heavy atom. The van der Waals surface area contributed by atoms with E-state index >= 15 is 0 Å². The zero-order chi connectivity index (χ0) is 14.9. The molecule has 104 valence electrons. The Balaban J connectivity index is 2.28. The number of benzene rings is 1. The van der Waals surface area contributed by atoms with E-state index in [1.165, 1.54) is 29.8 Å². The molecule has 2 amide bonds. The number of carbonyl (C=O) groups is 2. The maximum atomic E-state index is 11.8. The van der Waals surface area contributed by atoms with Crippen molar-refractivity contribution in [3.05, 3.63) is 39.3 Å². The lowest BCUT2D eigenvalue weighted by Gasteiger charge is -2.06. The van der Waals surface area contributed by atoms with Gasteiger partial charge in [-0.25, -0.2) is 0 Å². The predicted octanol–water partition coefficient (Wildman–Crippen LogP) is 2.72. The number of carbonyl (C=O) groups excluding carboxylic acids is 2. The van der Waals surface area contributed by atoms with Crippen molar-refractivity contribution in [2.24, 2.45) is 4.99 Å². The first kappa shape index (κ1) is 14.5. The van der Waals surface area contributed by atoms with Crippen LogP contribution < -0.4 is 5.32 Å². The summed E-state index contributed by atoms with van der Waals surface area (Å²) in [5.41, 5.74) is 4.52. The molecule has 0 bridgehead atoms. The number of aliphatic imine (C=N–C) groups is 1. The molecule has 0 fully saturated rings. The second kappa shape index (κ2) is 5.63. The Labute approximate surface area is 122 Å². The minimum atomic E-state index is -0.309. The third-order valence-corrected chi connectivity index (χ3v) is 3.97. The van der Waals surface area contributed by atoms with Crippen molar-refractivity contribution in [1.82, 2.24) is 5.32 Å². The number of aryl methyl sites for hydroxylation is 3. The molecule has 0 aromatic heterocycles. The standard InChI is InChI=1S/C15H16N2O2S/c1-8-5-10(3)12(6-9(8)2)7-13-14(19)17-15(20-13)16-11(4)18/h5-7H,1-4H3,(H,16,17,18,19)/b13-7+. The van der Waals surface area contributed by atoms with Gasteiger partial charge in [0.2, 0.25) is 5.91 Å². The topological polar surface area (TPSA) is 58.5 Å². The Morgan fingerprint density at radius 3 is 2.50 bits per heavy atom. The van der Waals surface area contributed by atoms with E-state index in [0.29, 0.717) is 10.1 Å². The van der Waals surface area contributed by atoms with Gasteiger partial charge in [0.1, 0.15) is 0 Å². The fourth-order valence-corrected chi connectivity index (χ4v) is 2.74. The normalized spacial score (nSPS) is 16.5. The largest absolute Gasteiger partial charge is 0.305 e. The zero-order valence-corrected chi connectivity index (χ0v) is 12.7. The number of amidine groups is 1. The molecule has 1 aliphatic heterocycles. The fraction of sp³-hybridized carbons (Fsp3) is 0.267. The van der Waals surface area contributed by atoms with E-state index in [9.17, 15) is 9.59 Å². The molecule has 1 heterocycles. The van der Waals surface area contributed by atoms with Crippen LogP contribution in [0.3, 0.4) is 0 Å². The lowest BCUT2D eigenvalue weighted by molar-refractivity contribution is -0.117. The van der Waals surface area contributed by atoms with Crippen LogP contribution in [0.25, 0.3) is 6.08 Å². The summed E-state index contributed by atoms with van der Waals surface area (Å²) in [6, 6.07) is 4.16. The first-order chi connectivity index (χ1) is 9.36. The van der Waals surface area contributed by atoms with Gasteiger partial charge >= 0.3 is 0 Å². The molecule has 0 unspecified atom stereocenters. The molecule has 1 N–H and O–H groups in total. The highest BCUT2D eigenvalue weighted by molar-refractivity contribution is 8.18. The number of hydrogen-bond acceptors (Lipinski definition) is 3. The molecule has 0 saturated carbocycles. The average Bonchev–Trinajstić information content (AvgIpc) is 2.65. The zero-order valence-electron chi connectivity index (χ0n) is 11.9. The van der Waals surface area contributed by atoms with Gasteiger partial charge in [-0.15, -0.1) is 0 Å². The molecule has 0 atom stereocenters. The van der Waals surface area contributed by atoms with Crippen LogP contribution in [0.4, 0.5) is 0 Å². The molecular formula is C15H16N2O2S. The monoisotopic (exact) mass is 288 g/mol. The van der Waals surface area contributed by atoms with Gasteiger partial charge in [0.25, 0.3) is 5.91 Å². The van der Waals surface area contributed by atoms with Crippen molar-refractivity contribution in [2.75, 3.05) is 0 Å². The van der Waals surface area contributed by atoms with Crippen molar-refractivity contribution in [3.63, 3.8) is 0 Å². The number of amides is 2. The minimum Gasteiger partial charge on any atom is -0.305 e. The summed E-state index contributed by atoms with van der Waals surface area (Å²) in [4.78, 5) is 27.1. The van der Waals surface area contributed by atoms with Gasteiger partial charge in [-0.1, -0.05) is 12.1 Å². The molecule has 2 rings (SSSR count). The number of rotatable bonds is 1. The summed E-state index contributed by atoms with van der Waals surface area (Å²) in [5.74, 6) is -0.538. The number of nitrogens with one attached hydrogen (secondary N) is 1. The maximum Gasteiger partial charge on any atom is 0.286 e. The van der Waals surface area contributed by atoms with E-state index < -0.39 is 0 Å². The van der Waals surface area contributed by atoms with Gasteiger partial charge in [-0.3, -0.25) is 9.59 Å². The van der Waals surface area contributed by atoms with Gasteiger partial charge in [-0.05, 0) is 60.9 Å². The van der Waals surface area contributed by atoms with Crippen LogP contribution in [-0.2, 0) is 9.59 Å². The fourth-order valence-electron chi connectivity index (χ4n) is 1.89. The van der Waals surface area contributed by atoms with Crippen molar-refractivity contribution >= 4 is 34.8 Å². The summed E-state index contributed by atoms with van der Waals surface area (Å²) in [6.45, 7) is 7.51. The van der Waals surface area contributed by atoms with Crippen LogP contribution in [-0.4, -0.2) is 17.0 Å². The summed E-state index contributed by atoms with van der Waals surface area (Å²) >= 11 is 1.19. The molecule has 20 heavy (non-hydrogen) atoms. The number of nitrogens with zero attached hydrogens (tertiary/aromatic N) is 1. The first-order valence-electron chi connectivity index (χ1n) is 6.25. The molecule has 5 heteroatoms. The van der Waals surface area contributed by atoms with E-state index in [-0.39, 0.29) is 11.8 Å². The molecule has 0 saturated heterocycles. The summed E-state index contributed by atoms with van der Waals surface area (Å²) in [6.07, 6.45) is 1.83. The van der Waals surface area contributed by atoms with Gasteiger partial charge < -0.3 is 5.32 Å². The van der Waals surface area contributed by atoms with Crippen molar-refractivity contribution in [3.8, 4) is 0 Å². The van der Waals surface area contributed by atoms with E-state index in [2.05, 4.69) is 29.4 Å². The van der Waals surface area contributed by atoms with Crippen LogP contribution in [0.1, 0.15) is 29.2 Å². The molecule has 1 aromatic carbocycles. The van der Waals surface area contributed by atoms with Crippen molar-refractivity contribution < 1.29 is 9.59 Å². The highest BCUT2D eigenvalue weighted by atomic mass is 32.2. The van der Waals surface area contributed by atoms with Crippen LogP contribution >= 0.6 is 11.8 Å². The van der Waals surface area contributed by atoms with Crippen LogP contribution in [0, 0.1) is 20.8 Å². The number of hydrogen-bond donors (Lipinski definition) is 1. The highest BCUT2D eigenvalue weighted by Gasteiger charge is 2.22. The Bertz CT molecular complexity index is 660. The maximum absolute atomic E-state index is 11.8. The Hall–Kier alpha value is -1.88. The molecular weight excluding hydrogens is 272 g/mol. The van der Waals surface area contributed by atoms with Gasteiger partial charge in [-0.2, -0.15) is 4.99 Å². The molecule has 1 aliphatic rings. The highest BCUT2D eigenvalue weighted by Crippen LogP contribution is 2.29. The lowest BCUT2D eigenvalue weighted by Crippen LogP contribution is -2.23. The summed E-state index contributed by atoms with van der Waals surface area (Å²) in [7, 11) is 0. The van der Waals surface area contributed by atoms with Crippen molar-refractivity contribution in [1.29, 1.82) is 0 Å². The second-order valence-electron chi connectivity index (χ2n) is 4.81. The molecule has 0 aliphatic carbocycles. The smallest absolute Gasteiger partial charge is 0.286 e. The summed E-state index contributed by atoms with van der Waals surface area (Å²) in [5, 5.41) is 2.88. The third kappa shape index (κ3) is 3.17. The van der Waals surface area contributed by atoms with Crippen LogP contribution in [0.2, 0.25) is 0 Å². The van der Waals surface area contributed by atoms with Gasteiger partial charge in [0.05, 0.1) is 4.91 Å². The molecule has 0 radical (unpaired) electrons. The van der Waals surface area contributed by atoms with Gasteiger partial charge in [0.15, 0.2) is 5.17 Å². The van der Waals surface area contributed by atoms with E-state index in [1.807, 2.05) is 19.9 Å². The van der Waals surface area contributed by atoms with E-state index in [4.69, 9.17) is 0 Å². The molecule has 0 spiro atoms. The average molecular weight is 288 g/mol. The first-order valence-corrected chi connectivity index (χ1v) is 7.06. The SMILES string of the molecule is CC(=O)NC1=NC(=O)/C(=C\c2cc(C)c(C)cc2C)S1. The summed E-state index contributed by atoms with van der Waals surface area (Å²) < 4.78 is 0. The molecule has 4 nitrogen and oxygen atoms in total. The van der Waals surface area contributed by atoms with E-state index in [0.717, 1.165) is 11.1 Å². The lowest BCUT2D eigenvalue weighted by atomic mass is 10.0. The molecule has 1 aromatic rings.